The molecule has 162 valence electrons. The number of rotatable bonds is 5. The third kappa shape index (κ3) is 4.02. The molecule has 0 saturated carbocycles. The van der Waals surface area contributed by atoms with Gasteiger partial charge in [-0.15, -0.1) is 0 Å². The number of anilines is 1. The van der Waals surface area contributed by atoms with Crippen molar-refractivity contribution in [1.29, 1.82) is 0 Å². The van der Waals surface area contributed by atoms with Crippen LogP contribution in [0.15, 0.2) is 35.2 Å². The lowest BCUT2D eigenvalue weighted by Gasteiger charge is -2.36. The van der Waals surface area contributed by atoms with E-state index in [2.05, 4.69) is 15.1 Å². The number of carbonyl (C=O) groups excluding carboxylic acids is 1. The largest absolute Gasteiger partial charge is 0.361 e. The van der Waals surface area contributed by atoms with Crippen molar-refractivity contribution in [3.05, 3.63) is 53.4 Å². The number of likely N-dealkylation sites (tertiary alicyclic amines) is 1. The Balaban J connectivity index is 1.81. The van der Waals surface area contributed by atoms with E-state index in [-0.39, 0.29) is 11.9 Å². The zero-order chi connectivity index (χ0) is 22.0. The Morgan fingerprint density at radius 3 is 2.74 bits per heavy atom. The van der Waals surface area contributed by atoms with E-state index < -0.39 is 0 Å². The van der Waals surface area contributed by atoms with Gasteiger partial charge in [-0.25, -0.2) is 9.97 Å². The zero-order valence-electron chi connectivity index (χ0n) is 18.5. The third-order valence-electron chi connectivity index (χ3n) is 5.76. The van der Waals surface area contributed by atoms with Gasteiger partial charge in [-0.05, 0) is 50.3 Å². The fraction of sp³-hybridized carbons (Fsp3) is 0.435. The molecule has 0 bridgehead atoms. The summed E-state index contributed by atoms with van der Waals surface area (Å²) in [7, 11) is 3.84. The van der Waals surface area contributed by atoms with Gasteiger partial charge in [0.1, 0.15) is 11.3 Å². The number of amides is 1. The van der Waals surface area contributed by atoms with Crippen molar-refractivity contribution in [3.8, 4) is 11.1 Å². The predicted octanol–water partition coefficient (Wildman–Crippen LogP) is 3.83. The van der Waals surface area contributed by atoms with Crippen LogP contribution in [-0.2, 0) is 6.42 Å². The van der Waals surface area contributed by atoms with Gasteiger partial charge in [-0.3, -0.25) is 9.78 Å². The van der Waals surface area contributed by atoms with E-state index in [1.807, 2.05) is 49.1 Å². The minimum atomic E-state index is -0.148. The van der Waals surface area contributed by atoms with E-state index in [9.17, 15) is 4.79 Å². The van der Waals surface area contributed by atoms with Crippen LogP contribution in [0.5, 0.6) is 0 Å². The molecule has 8 nitrogen and oxygen atoms in total. The van der Waals surface area contributed by atoms with Crippen molar-refractivity contribution in [1.82, 2.24) is 25.0 Å². The monoisotopic (exact) mass is 420 g/mol. The van der Waals surface area contributed by atoms with Crippen molar-refractivity contribution in [2.24, 2.45) is 0 Å². The number of nitrogens with zero attached hydrogens (tertiary/aromatic N) is 6. The minimum Gasteiger partial charge on any atom is -0.361 e. The second-order valence-electron chi connectivity index (χ2n) is 8.02. The molecule has 0 N–H and O–H groups in total. The first-order valence-corrected chi connectivity index (χ1v) is 10.7. The molecule has 4 heterocycles. The van der Waals surface area contributed by atoms with Crippen molar-refractivity contribution in [2.45, 2.75) is 45.6 Å². The van der Waals surface area contributed by atoms with Crippen molar-refractivity contribution >= 4 is 11.9 Å². The van der Waals surface area contributed by atoms with Crippen LogP contribution in [0.4, 0.5) is 5.95 Å². The molecule has 1 aliphatic rings. The van der Waals surface area contributed by atoms with Gasteiger partial charge in [0.25, 0.3) is 5.91 Å². The van der Waals surface area contributed by atoms with Gasteiger partial charge in [0.2, 0.25) is 5.95 Å². The fourth-order valence-corrected chi connectivity index (χ4v) is 4.14. The summed E-state index contributed by atoms with van der Waals surface area (Å²) in [5.41, 5.74) is 4.07. The average molecular weight is 421 g/mol. The van der Waals surface area contributed by atoms with Crippen LogP contribution in [0.1, 0.15) is 59.7 Å². The second kappa shape index (κ2) is 8.83. The van der Waals surface area contributed by atoms with Crippen LogP contribution in [0.25, 0.3) is 11.1 Å². The molecule has 4 rings (SSSR count). The van der Waals surface area contributed by atoms with E-state index >= 15 is 0 Å². The number of hydrogen-bond donors (Lipinski definition) is 0. The number of piperidine rings is 1. The summed E-state index contributed by atoms with van der Waals surface area (Å²) in [5.74, 6) is 1.16. The van der Waals surface area contributed by atoms with Gasteiger partial charge in [0, 0.05) is 44.8 Å². The second-order valence-corrected chi connectivity index (χ2v) is 8.02. The molecule has 3 aromatic heterocycles. The number of aryl methyl sites for hydroxylation is 2. The predicted molar refractivity (Wildman–Crippen MR) is 118 cm³/mol. The maximum atomic E-state index is 13.7. The van der Waals surface area contributed by atoms with Crippen LogP contribution in [0, 0.1) is 6.92 Å². The highest BCUT2D eigenvalue weighted by Crippen LogP contribution is 2.37. The minimum absolute atomic E-state index is 0.0361. The lowest BCUT2D eigenvalue weighted by atomic mass is 9.93. The highest BCUT2D eigenvalue weighted by Gasteiger charge is 2.34. The first-order chi connectivity index (χ1) is 15.0. The lowest BCUT2D eigenvalue weighted by Crippen LogP contribution is -2.39. The molecule has 1 aliphatic heterocycles. The molecule has 1 atom stereocenters. The normalized spacial score (nSPS) is 16.4. The van der Waals surface area contributed by atoms with Gasteiger partial charge in [-0.2, -0.15) is 0 Å². The van der Waals surface area contributed by atoms with E-state index in [0.29, 0.717) is 35.9 Å². The van der Waals surface area contributed by atoms with Crippen LogP contribution >= 0.6 is 0 Å². The molecular weight excluding hydrogens is 392 g/mol. The third-order valence-corrected chi connectivity index (χ3v) is 5.76. The number of aromatic nitrogens is 4. The summed E-state index contributed by atoms with van der Waals surface area (Å²) < 4.78 is 5.35. The average Bonchev–Trinajstić information content (AvgIpc) is 3.19. The number of carbonyl (C=O) groups is 1. The molecular formula is C23H28N6O2. The molecule has 31 heavy (non-hydrogen) atoms. The Hall–Kier alpha value is -3.29. The zero-order valence-corrected chi connectivity index (χ0v) is 18.5. The molecule has 1 saturated heterocycles. The van der Waals surface area contributed by atoms with Crippen molar-refractivity contribution < 1.29 is 9.32 Å². The topological polar surface area (TPSA) is 88.3 Å². The van der Waals surface area contributed by atoms with E-state index in [4.69, 9.17) is 9.51 Å². The molecule has 8 heteroatoms. The number of hydrogen-bond acceptors (Lipinski definition) is 7. The van der Waals surface area contributed by atoms with E-state index in [1.165, 1.54) is 0 Å². The first-order valence-electron chi connectivity index (χ1n) is 10.7. The maximum Gasteiger partial charge on any atom is 0.259 e. The van der Waals surface area contributed by atoms with Crippen molar-refractivity contribution in [3.63, 3.8) is 0 Å². The molecule has 0 unspecified atom stereocenters. The Labute approximate surface area is 182 Å². The Kier molecular flexibility index (Phi) is 5.97. The Morgan fingerprint density at radius 1 is 1.26 bits per heavy atom. The molecule has 0 radical (unpaired) electrons. The first kappa shape index (κ1) is 21.0. The summed E-state index contributed by atoms with van der Waals surface area (Å²) in [6.45, 7) is 4.46. The van der Waals surface area contributed by atoms with E-state index in [1.54, 1.807) is 19.3 Å². The molecule has 0 aliphatic carbocycles. The summed E-state index contributed by atoms with van der Waals surface area (Å²) in [6, 6.07) is 3.75. The fourth-order valence-electron chi connectivity index (χ4n) is 4.14. The van der Waals surface area contributed by atoms with Gasteiger partial charge in [-0.1, -0.05) is 12.1 Å². The molecule has 0 spiro atoms. The highest BCUT2D eigenvalue weighted by molar-refractivity contribution is 5.96. The maximum absolute atomic E-state index is 13.7. The Morgan fingerprint density at radius 2 is 2.03 bits per heavy atom. The lowest BCUT2D eigenvalue weighted by molar-refractivity contribution is 0.0604. The summed E-state index contributed by atoms with van der Waals surface area (Å²) >= 11 is 0. The van der Waals surface area contributed by atoms with Gasteiger partial charge >= 0.3 is 0 Å². The van der Waals surface area contributed by atoms with Crippen LogP contribution in [0.3, 0.4) is 0 Å². The summed E-state index contributed by atoms with van der Waals surface area (Å²) in [5, 5.41) is 4.09. The van der Waals surface area contributed by atoms with Gasteiger partial charge < -0.3 is 14.3 Å². The summed E-state index contributed by atoms with van der Waals surface area (Å²) in [6.07, 6.45) is 8.87. The SMILES string of the molecule is CCc1noc(C)c1C(=O)N1CCCC[C@@H]1c1nc(N(C)C)ncc1-c1ccncc1. The molecule has 3 aromatic rings. The van der Waals surface area contributed by atoms with Crippen LogP contribution in [0.2, 0.25) is 0 Å². The standard InChI is InChI=1S/C23H28N6O2/c1-5-18-20(15(2)31-27-18)22(30)29-13-7-6-8-19(29)21-17(16-9-11-24-12-10-16)14-25-23(26-21)28(3)4/h9-12,14,19H,5-8,13H2,1-4H3/t19-/m1/s1. The van der Waals surface area contributed by atoms with Crippen LogP contribution < -0.4 is 4.90 Å². The smallest absolute Gasteiger partial charge is 0.259 e. The quantitative estimate of drug-likeness (QED) is 0.620. The molecule has 0 aromatic carbocycles. The Bertz CT molecular complexity index is 1060. The summed E-state index contributed by atoms with van der Waals surface area (Å²) in [4.78, 5) is 31.1. The molecule has 1 fully saturated rings. The highest BCUT2D eigenvalue weighted by atomic mass is 16.5. The van der Waals surface area contributed by atoms with Gasteiger partial charge in [0.15, 0.2) is 0 Å². The molecule has 1 amide bonds. The van der Waals surface area contributed by atoms with Gasteiger partial charge in [0.05, 0.1) is 17.4 Å². The van der Waals surface area contributed by atoms with Crippen molar-refractivity contribution in [2.75, 3.05) is 25.5 Å². The number of pyridine rings is 1. The van der Waals surface area contributed by atoms with Crippen LogP contribution in [-0.4, -0.2) is 51.6 Å². The van der Waals surface area contributed by atoms with E-state index in [0.717, 1.165) is 36.1 Å².